The highest BCUT2D eigenvalue weighted by molar-refractivity contribution is 4.62. The van der Waals surface area contributed by atoms with Crippen LogP contribution in [-0.2, 0) is 0 Å². The Bertz CT molecular complexity index is 109. The molecule has 0 heterocycles. The minimum atomic E-state index is -0.710. The zero-order chi connectivity index (χ0) is 10.8. The summed E-state index contributed by atoms with van der Waals surface area (Å²) in [6, 6.07) is 0. The van der Waals surface area contributed by atoms with Crippen molar-refractivity contribution in [1.82, 2.24) is 4.90 Å². The molecule has 1 atom stereocenters. The molecule has 86 valence electrons. The van der Waals surface area contributed by atoms with Crippen LogP contribution >= 0.6 is 0 Å². The molecular formula is C12H26FN. The van der Waals surface area contributed by atoms with Gasteiger partial charge in [0.2, 0.25) is 0 Å². The first-order valence-corrected chi connectivity index (χ1v) is 6.14. The number of halogens is 1. The van der Waals surface area contributed by atoms with Gasteiger partial charge in [-0.25, -0.2) is 4.39 Å². The summed E-state index contributed by atoms with van der Waals surface area (Å²) >= 11 is 0. The Morgan fingerprint density at radius 1 is 0.929 bits per heavy atom. The van der Waals surface area contributed by atoms with E-state index in [1.807, 2.05) is 11.8 Å². The molecule has 0 aromatic rings. The molecule has 2 heteroatoms. The summed E-state index contributed by atoms with van der Waals surface area (Å²) in [4.78, 5) is 2.01. The van der Waals surface area contributed by atoms with E-state index in [2.05, 4.69) is 13.8 Å². The lowest BCUT2D eigenvalue weighted by atomic mass is 10.2. The van der Waals surface area contributed by atoms with Gasteiger partial charge in [-0.15, -0.1) is 0 Å². The van der Waals surface area contributed by atoms with Crippen molar-refractivity contribution < 1.29 is 4.39 Å². The fourth-order valence-corrected chi connectivity index (χ4v) is 1.54. The third-order valence-electron chi connectivity index (χ3n) is 2.52. The van der Waals surface area contributed by atoms with E-state index in [1.54, 1.807) is 0 Å². The molecule has 0 N–H and O–H groups in total. The van der Waals surface area contributed by atoms with Crippen LogP contribution in [0.3, 0.4) is 0 Å². The fourth-order valence-electron chi connectivity index (χ4n) is 1.54. The number of alkyl halides is 1. The fraction of sp³-hybridized carbons (Fsp3) is 1.00. The van der Waals surface area contributed by atoms with Gasteiger partial charge in [-0.2, -0.15) is 0 Å². The molecule has 0 bridgehead atoms. The Hall–Kier alpha value is -0.110. The number of nitrogens with zero attached hydrogens (tertiary/aromatic N) is 1. The third kappa shape index (κ3) is 6.36. The van der Waals surface area contributed by atoms with Crippen LogP contribution in [0.5, 0.6) is 0 Å². The van der Waals surface area contributed by atoms with Gasteiger partial charge >= 0.3 is 0 Å². The van der Waals surface area contributed by atoms with Crippen molar-refractivity contribution in [2.75, 3.05) is 13.1 Å². The van der Waals surface area contributed by atoms with Crippen LogP contribution in [0, 0.1) is 0 Å². The Morgan fingerprint density at radius 2 is 1.43 bits per heavy atom. The lowest BCUT2D eigenvalue weighted by Gasteiger charge is -2.25. The maximum absolute atomic E-state index is 13.6. The highest BCUT2D eigenvalue weighted by Crippen LogP contribution is 2.11. The molecule has 1 nitrogen and oxygen atoms in total. The molecule has 0 aliphatic rings. The van der Waals surface area contributed by atoms with Crippen molar-refractivity contribution in [2.45, 2.75) is 65.6 Å². The van der Waals surface area contributed by atoms with Gasteiger partial charge in [-0.3, -0.25) is 4.90 Å². The van der Waals surface area contributed by atoms with Gasteiger partial charge in [-0.1, -0.05) is 40.0 Å². The molecule has 14 heavy (non-hydrogen) atoms. The average Bonchev–Trinajstić information content (AvgIpc) is 2.18. The minimum absolute atomic E-state index is 0.688. The Balaban J connectivity index is 3.81. The van der Waals surface area contributed by atoms with Gasteiger partial charge in [0.25, 0.3) is 0 Å². The molecule has 0 aliphatic carbocycles. The molecule has 0 aliphatic heterocycles. The normalized spacial score (nSPS) is 13.5. The highest BCUT2D eigenvalue weighted by atomic mass is 19.1. The summed E-state index contributed by atoms with van der Waals surface area (Å²) in [6.07, 6.45) is 5.46. The highest BCUT2D eigenvalue weighted by Gasteiger charge is 2.14. The van der Waals surface area contributed by atoms with Crippen molar-refractivity contribution in [1.29, 1.82) is 0 Å². The first kappa shape index (κ1) is 13.9. The molecule has 0 amide bonds. The molecule has 0 spiro atoms. The van der Waals surface area contributed by atoms with Crippen molar-refractivity contribution in [3.8, 4) is 0 Å². The summed E-state index contributed by atoms with van der Waals surface area (Å²) in [5, 5.41) is 0. The van der Waals surface area contributed by atoms with E-state index >= 15 is 0 Å². The maximum Gasteiger partial charge on any atom is 0.153 e. The van der Waals surface area contributed by atoms with Crippen molar-refractivity contribution in [3.63, 3.8) is 0 Å². The quantitative estimate of drug-likeness (QED) is 0.512. The molecule has 0 rings (SSSR count). The molecular weight excluding hydrogens is 177 g/mol. The van der Waals surface area contributed by atoms with E-state index in [0.29, 0.717) is 6.42 Å². The molecule has 0 saturated carbocycles. The molecule has 0 fully saturated rings. The zero-order valence-electron chi connectivity index (χ0n) is 10.1. The van der Waals surface area contributed by atoms with Crippen LogP contribution in [0.2, 0.25) is 0 Å². The van der Waals surface area contributed by atoms with Crippen LogP contribution in [0.4, 0.5) is 4.39 Å². The number of unbranched alkanes of at least 4 members (excludes halogenated alkanes) is 2. The van der Waals surface area contributed by atoms with Crippen molar-refractivity contribution >= 4 is 0 Å². The van der Waals surface area contributed by atoms with Gasteiger partial charge < -0.3 is 0 Å². The van der Waals surface area contributed by atoms with E-state index in [9.17, 15) is 4.39 Å². The molecule has 0 radical (unpaired) electrons. The second-order valence-electron chi connectivity index (χ2n) is 3.97. The van der Waals surface area contributed by atoms with Crippen LogP contribution < -0.4 is 0 Å². The topological polar surface area (TPSA) is 3.24 Å². The molecule has 0 aromatic carbocycles. The summed E-state index contributed by atoms with van der Waals surface area (Å²) in [7, 11) is 0. The minimum Gasteiger partial charge on any atom is -0.274 e. The first-order chi connectivity index (χ1) is 6.76. The largest absolute Gasteiger partial charge is 0.274 e. The molecule has 0 aromatic heterocycles. The van der Waals surface area contributed by atoms with E-state index in [1.165, 1.54) is 0 Å². The smallest absolute Gasteiger partial charge is 0.153 e. The first-order valence-electron chi connectivity index (χ1n) is 6.14. The van der Waals surface area contributed by atoms with Gasteiger partial charge in [0, 0.05) is 13.1 Å². The van der Waals surface area contributed by atoms with Crippen molar-refractivity contribution in [2.24, 2.45) is 0 Å². The monoisotopic (exact) mass is 203 g/mol. The summed E-state index contributed by atoms with van der Waals surface area (Å²) in [5.41, 5.74) is 0. The lowest BCUT2D eigenvalue weighted by Crippen LogP contribution is -2.33. The van der Waals surface area contributed by atoms with Crippen molar-refractivity contribution in [3.05, 3.63) is 0 Å². The van der Waals surface area contributed by atoms with E-state index in [-0.39, 0.29) is 0 Å². The predicted molar refractivity (Wildman–Crippen MR) is 61.2 cm³/mol. The molecule has 0 saturated heterocycles. The van der Waals surface area contributed by atoms with Crippen LogP contribution in [0.25, 0.3) is 0 Å². The summed E-state index contributed by atoms with van der Waals surface area (Å²) < 4.78 is 13.6. The van der Waals surface area contributed by atoms with Gasteiger partial charge in [-0.05, 0) is 19.3 Å². The SMILES string of the molecule is CCCCN(CCCC)C(F)CCC. The zero-order valence-corrected chi connectivity index (χ0v) is 10.1. The van der Waals surface area contributed by atoms with E-state index < -0.39 is 6.30 Å². The van der Waals surface area contributed by atoms with Gasteiger partial charge in [0.1, 0.15) is 0 Å². The number of hydrogen-bond donors (Lipinski definition) is 0. The second-order valence-corrected chi connectivity index (χ2v) is 3.97. The van der Waals surface area contributed by atoms with Gasteiger partial charge in [0.15, 0.2) is 6.30 Å². The Morgan fingerprint density at radius 3 is 1.79 bits per heavy atom. The molecule has 1 unspecified atom stereocenters. The van der Waals surface area contributed by atoms with Crippen LogP contribution in [0.15, 0.2) is 0 Å². The lowest BCUT2D eigenvalue weighted by molar-refractivity contribution is 0.0711. The Kier molecular flexibility index (Phi) is 9.37. The van der Waals surface area contributed by atoms with Crippen LogP contribution in [0.1, 0.15) is 59.3 Å². The maximum atomic E-state index is 13.6. The standard InChI is InChI=1S/C12H26FN/c1-4-7-10-14(11-8-5-2)12(13)9-6-3/h12H,4-11H2,1-3H3. The number of rotatable bonds is 9. The Labute approximate surface area is 88.7 Å². The van der Waals surface area contributed by atoms with E-state index in [4.69, 9.17) is 0 Å². The van der Waals surface area contributed by atoms with Crippen LogP contribution in [-0.4, -0.2) is 24.3 Å². The average molecular weight is 203 g/mol. The summed E-state index contributed by atoms with van der Waals surface area (Å²) in [6.45, 7) is 8.22. The third-order valence-corrected chi connectivity index (χ3v) is 2.52. The summed E-state index contributed by atoms with van der Waals surface area (Å²) in [5.74, 6) is 0. The number of hydrogen-bond acceptors (Lipinski definition) is 1. The predicted octanol–water partition coefficient (Wildman–Crippen LogP) is 3.98. The van der Waals surface area contributed by atoms with Gasteiger partial charge in [0.05, 0.1) is 0 Å². The second kappa shape index (κ2) is 9.45. The van der Waals surface area contributed by atoms with E-state index in [0.717, 1.165) is 45.2 Å².